The van der Waals surface area contributed by atoms with E-state index in [1.54, 1.807) is 11.0 Å². The molecule has 0 aliphatic carbocycles. The van der Waals surface area contributed by atoms with Gasteiger partial charge < -0.3 is 5.32 Å². The maximum Gasteiger partial charge on any atom is 0.156 e. The van der Waals surface area contributed by atoms with Crippen LogP contribution >= 0.6 is 23.1 Å². The molecule has 18 heavy (non-hydrogen) atoms. The van der Waals surface area contributed by atoms with Crippen molar-refractivity contribution in [1.82, 2.24) is 20.0 Å². The van der Waals surface area contributed by atoms with Crippen LogP contribution in [0.1, 0.15) is 17.5 Å². The van der Waals surface area contributed by atoms with Crippen molar-refractivity contribution in [2.45, 2.75) is 24.4 Å². The van der Waals surface area contributed by atoms with E-state index in [0.717, 1.165) is 16.6 Å². The highest BCUT2D eigenvalue weighted by molar-refractivity contribution is 8.00. The number of rotatable bonds is 5. The van der Waals surface area contributed by atoms with Gasteiger partial charge in [-0.15, -0.1) is 0 Å². The molecular weight excluding hydrogens is 268 g/mol. The standard InChI is InChI=1S/C10H12N6S2/c1-3-16-13-6-7(15-16)5-12-9-8(4-11)18-10(14-9)17-2/h6,12H,3,5H2,1-2H3. The van der Waals surface area contributed by atoms with Crippen LogP contribution in [0.2, 0.25) is 0 Å². The minimum absolute atomic E-state index is 0.520. The van der Waals surface area contributed by atoms with Gasteiger partial charge >= 0.3 is 0 Å². The summed E-state index contributed by atoms with van der Waals surface area (Å²) in [5, 5.41) is 20.5. The number of nitrogens with zero attached hydrogens (tertiary/aromatic N) is 5. The van der Waals surface area contributed by atoms with Crippen molar-refractivity contribution in [3.8, 4) is 6.07 Å². The van der Waals surface area contributed by atoms with Crippen LogP contribution in [0.15, 0.2) is 10.5 Å². The van der Waals surface area contributed by atoms with Crippen molar-refractivity contribution in [3.05, 3.63) is 16.8 Å². The number of hydrogen-bond acceptors (Lipinski definition) is 7. The smallest absolute Gasteiger partial charge is 0.156 e. The Bertz CT molecular complexity index is 567. The summed E-state index contributed by atoms with van der Waals surface area (Å²) in [7, 11) is 0. The molecule has 0 fully saturated rings. The average molecular weight is 280 g/mol. The van der Waals surface area contributed by atoms with Gasteiger partial charge in [-0.3, -0.25) is 0 Å². The minimum atomic E-state index is 0.520. The van der Waals surface area contributed by atoms with E-state index in [-0.39, 0.29) is 0 Å². The molecule has 2 rings (SSSR count). The lowest BCUT2D eigenvalue weighted by molar-refractivity contribution is 0.564. The van der Waals surface area contributed by atoms with Crippen LogP contribution < -0.4 is 5.32 Å². The molecule has 0 unspecified atom stereocenters. The molecule has 2 heterocycles. The third-order valence-corrected chi connectivity index (χ3v) is 4.13. The summed E-state index contributed by atoms with van der Waals surface area (Å²) in [6.07, 6.45) is 3.65. The van der Waals surface area contributed by atoms with Gasteiger partial charge in [0.05, 0.1) is 19.3 Å². The van der Waals surface area contributed by atoms with E-state index >= 15 is 0 Å². The minimum Gasteiger partial charge on any atom is -0.362 e. The molecule has 0 aromatic carbocycles. The molecule has 0 aliphatic heterocycles. The third-order valence-electron chi connectivity index (χ3n) is 2.19. The molecule has 8 heteroatoms. The molecule has 0 bridgehead atoms. The number of aromatic nitrogens is 4. The topological polar surface area (TPSA) is 79.4 Å². The van der Waals surface area contributed by atoms with Crippen molar-refractivity contribution >= 4 is 28.9 Å². The summed E-state index contributed by atoms with van der Waals surface area (Å²) in [5.41, 5.74) is 0.833. The monoisotopic (exact) mass is 280 g/mol. The summed E-state index contributed by atoms with van der Waals surface area (Å²) in [6.45, 7) is 3.25. The van der Waals surface area contributed by atoms with Gasteiger partial charge in [0.25, 0.3) is 0 Å². The van der Waals surface area contributed by atoms with Crippen LogP contribution in [0.5, 0.6) is 0 Å². The number of nitriles is 1. The molecule has 0 aliphatic rings. The number of thioether (sulfide) groups is 1. The highest BCUT2D eigenvalue weighted by atomic mass is 32.2. The molecule has 2 aromatic rings. The molecule has 0 spiro atoms. The maximum absolute atomic E-state index is 9.01. The van der Waals surface area contributed by atoms with E-state index in [4.69, 9.17) is 5.26 Å². The lowest BCUT2D eigenvalue weighted by Crippen LogP contribution is -2.03. The summed E-state index contributed by atoms with van der Waals surface area (Å²) in [4.78, 5) is 6.56. The maximum atomic E-state index is 9.01. The fraction of sp³-hybridized carbons (Fsp3) is 0.400. The van der Waals surface area contributed by atoms with Crippen LogP contribution in [0.3, 0.4) is 0 Å². The van der Waals surface area contributed by atoms with Crippen molar-refractivity contribution in [3.63, 3.8) is 0 Å². The van der Waals surface area contributed by atoms with E-state index in [1.165, 1.54) is 23.1 Å². The zero-order chi connectivity index (χ0) is 13.0. The summed E-state index contributed by atoms with van der Waals surface area (Å²) < 4.78 is 0.881. The Labute approximate surface area is 113 Å². The molecule has 94 valence electrons. The number of anilines is 1. The summed E-state index contributed by atoms with van der Waals surface area (Å²) >= 11 is 2.92. The molecular formula is C10H12N6S2. The molecule has 0 amide bonds. The van der Waals surface area contributed by atoms with Crippen LogP contribution in [-0.4, -0.2) is 26.2 Å². The normalized spacial score (nSPS) is 10.3. The summed E-state index contributed by atoms with van der Waals surface area (Å²) in [5.74, 6) is 0.623. The van der Waals surface area contributed by atoms with Gasteiger partial charge in [-0.1, -0.05) is 23.1 Å². The zero-order valence-corrected chi connectivity index (χ0v) is 11.7. The number of hydrogen-bond donors (Lipinski definition) is 1. The Morgan fingerprint density at radius 3 is 3.06 bits per heavy atom. The van der Waals surface area contributed by atoms with Gasteiger partial charge in [0, 0.05) is 0 Å². The number of aryl methyl sites for hydroxylation is 1. The second kappa shape index (κ2) is 5.84. The van der Waals surface area contributed by atoms with Crippen LogP contribution in [0.4, 0.5) is 5.82 Å². The predicted octanol–water partition coefficient (Wildman–Crippen LogP) is 1.96. The van der Waals surface area contributed by atoms with E-state index in [9.17, 15) is 0 Å². The Kier molecular flexibility index (Phi) is 4.17. The van der Waals surface area contributed by atoms with Crippen molar-refractivity contribution in [2.75, 3.05) is 11.6 Å². The van der Waals surface area contributed by atoms with Crippen molar-refractivity contribution in [2.24, 2.45) is 0 Å². The molecule has 1 N–H and O–H groups in total. The lowest BCUT2D eigenvalue weighted by atomic mass is 10.4. The fourth-order valence-electron chi connectivity index (χ4n) is 1.32. The first kappa shape index (κ1) is 12.9. The largest absolute Gasteiger partial charge is 0.362 e. The lowest BCUT2D eigenvalue weighted by Gasteiger charge is -1.99. The van der Waals surface area contributed by atoms with Gasteiger partial charge in [0.1, 0.15) is 16.6 Å². The summed E-state index contributed by atoms with van der Waals surface area (Å²) in [6, 6.07) is 2.14. The van der Waals surface area contributed by atoms with Gasteiger partial charge in [0.15, 0.2) is 10.2 Å². The Hall–Kier alpha value is -1.59. The molecule has 0 atom stereocenters. The second-order valence-electron chi connectivity index (χ2n) is 3.35. The van der Waals surface area contributed by atoms with Gasteiger partial charge in [-0.2, -0.15) is 20.3 Å². The number of nitrogens with one attached hydrogen (secondary N) is 1. The predicted molar refractivity (Wildman–Crippen MR) is 71.6 cm³/mol. The van der Waals surface area contributed by atoms with Crippen LogP contribution in [0, 0.1) is 11.3 Å². The third kappa shape index (κ3) is 2.80. The molecule has 0 radical (unpaired) electrons. The van der Waals surface area contributed by atoms with E-state index < -0.39 is 0 Å². The molecule has 0 saturated carbocycles. The van der Waals surface area contributed by atoms with Crippen LogP contribution in [0.25, 0.3) is 0 Å². The van der Waals surface area contributed by atoms with Gasteiger partial charge in [0.2, 0.25) is 0 Å². The van der Waals surface area contributed by atoms with Gasteiger partial charge in [-0.05, 0) is 13.2 Å². The molecule has 0 saturated heterocycles. The second-order valence-corrected chi connectivity index (χ2v) is 5.40. The zero-order valence-electron chi connectivity index (χ0n) is 10.0. The SMILES string of the molecule is CCn1ncc(CNc2nc(SC)sc2C#N)n1. The molecule has 6 nitrogen and oxygen atoms in total. The van der Waals surface area contributed by atoms with E-state index in [2.05, 4.69) is 26.6 Å². The van der Waals surface area contributed by atoms with Crippen molar-refractivity contribution < 1.29 is 0 Å². The van der Waals surface area contributed by atoms with Gasteiger partial charge in [-0.25, -0.2) is 4.98 Å². The van der Waals surface area contributed by atoms with Crippen LogP contribution in [-0.2, 0) is 13.1 Å². The first-order chi connectivity index (χ1) is 8.76. The van der Waals surface area contributed by atoms with E-state index in [1.807, 2.05) is 13.2 Å². The average Bonchev–Trinajstić information content (AvgIpc) is 3.02. The first-order valence-electron chi connectivity index (χ1n) is 5.34. The number of thiazole rings is 1. The Morgan fingerprint density at radius 2 is 2.44 bits per heavy atom. The Morgan fingerprint density at radius 1 is 1.61 bits per heavy atom. The first-order valence-corrected chi connectivity index (χ1v) is 7.38. The highest BCUT2D eigenvalue weighted by Crippen LogP contribution is 2.28. The Balaban J connectivity index is 2.05. The van der Waals surface area contributed by atoms with Crippen molar-refractivity contribution in [1.29, 1.82) is 5.26 Å². The van der Waals surface area contributed by atoms with E-state index in [0.29, 0.717) is 17.2 Å². The fourth-order valence-corrected chi connectivity index (χ4v) is 2.66. The highest BCUT2D eigenvalue weighted by Gasteiger charge is 2.10. The molecule has 2 aromatic heterocycles. The quantitative estimate of drug-likeness (QED) is 0.843.